The Bertz CT molecular complexity index is 423. The number of carbonyl (C=O) groups is 1. The summed E-state index contributed by atoms with van der Waals surface area (Å²) in [6, 6.07) is 1.80. The van der Waals surface area contributed by atoms with Gasteiger partial charge in [-0.3, -0.25) is 4.79 Å². The number of nitrogen functional groups attached to an aromatic ring is 1. The van der Waals surface area contributed by atoms with Crippen LogP contribution < -0.4 is 10.6 Å². The summed E-state index contributed by atoms with van der Waals surface area (Å²) in [5, 5.41) is 0. The topological polar surface area (TPSA) is 62.5 Å². The smallest absolute Gasteiger partial charge is 0.241 e. The van der Waals surface area contributed by atoms with Gasteiger partial charge in [-0.1, -0.05) is 6.92 Å². The van der Waals surface area contributed by atoms with E-state index in [2.05, 4.69) is 27.8 Å². The Kier molecular flexibility index (Phi) is 5.40. The van der Waals surface area contributed by atoms with Crippen LogP contribution >= 0.6 is 15.9 Å². The van der Waals surface area contributed by atoms with Crippen molar-refractivity contribution in [2.45, 2.75) is 13.3 Å². The molecule has 0 aliphatic carbocycles. The van der Waals surface area contributed by atoms with Gasteiger partial charge in [0.05, 0.1) is 22.9 Å². The number of anilines is 2. The fraction of sp³-hybridized carbons (Fsp3) is 0.500. The molecule has 0 bridgehead atoms. The van der Waals surface area contributed by atoms with Crippen LogP contribution in [0, 0.1) is 0 Å². The van der Waals surface area contributed by atoms with Crippen molar-refractivity contribution < 1.29 is 4.79 Å². The first-order chi connectivity index (χ1) is 8.45. The summed E-state index contributed by atoms with van der Waals surface area (Å²) in [5.41, 5.74) is 6.26. The Morgan fingerprint density at radius 1 is 1.50 bits per heavy atom. The van der Waals surface area contributed by atoms with Crippen LogP contribution in [0.25, 0.3) is 0 Å². The van der Waals surface area contributed by atoms with Gasteiger partial charge in [-0.05, 0) is 28.4 Å². The highest BCUT2D eigenvalue weighted by molar-refractivity contribution is 9.10. The molecule has 1 aromatic heterocycles. The van der Waals surface area contributed by atoms with Crippen molar-refractivity contribution in [1.29, 1.82) is 0 Å². The van der Waals surface area contributed by atoms with Crippen molar-refractivity contribution in [1.82, 2.24) is 9.88 Å². The number of halogens is 1. The van der Waals surface area contributed by atoms with E-state index in [-0.39, 0.29) is 5.91 Å². The first-order valence-electron chi connectivity index (χ1n) is 5.81. The van der Waals surface area contributed by atoms with E-state index in [1.165, 1.54) is 0 Å². The number of hydrogen-bond acceptors (Lipinski definition) is 4. The molecular formula is C12H19BrN4O. The van der Waals surface area contributed by atoms with Crippen LogP contribution in [0.4, 0.5) is 11.5 Å². The molecule has 0 aromatic carbocycles. The third kappa shape index (κ3) is 3.87. The van der Waals surface area contributed by atoms with Crippen molar-refractivity contribution >= 4 is 33.3 Å². The van der Waals surface area contributed by atoms with Gasteiger partial charge in [0.15, 0.2) is 0 Å². The maximum Gasteiger partial charge on any atom is 0.241 e. The minimum atomic E-state index is 0.0500. The third-order valence-corrected chi connectivity index (χ3v) is 3.04. The highest BCUT2D eigenvalue weighted by Crippen LogP contribution is 2.25. The van der Waals surface area contributed by atoms with E-state index >= 15 is 0 Å². The van der Waals surface area contributed by atoms with Crippen molar-refractivity contribution in [3.63, 3.8) is 0 Å². The zero-order chi connectivity index (χ0) is 13.7. The van der Waals surface area contributed by atoms with E-state index in [4.69, 9.17) is 5.73 Å². The summed E-state index contributed by atoms with van der Waals surface area (Å²) < 4.78 is 0.808. The molecular weight excluding hydrogens is 296 g/mol. The monoisotopic (exact) mass is 314 g/mol. The number of hydrogen-bond donors (Lipinski definition) is 1. The molecule has 100 valence electrons. The minimum Gasteiger partial charge on any atom is -0.397 e. The fourth-order valence-electron chi connectivity index (χ4n) is 1.51. The predicted molar refractivity (Wildman–Crippen MR) is 77.5 cm³/mol. The predicted octanol–water partition coefficient (Wildman–Crippen LogP) is 1.73. The molecule has 1 aromatic rings. The normalized spacial score (nSPS) is 10.2. The van der Waals surface area contributed by atoms with Gasteiger partial charge in [0.2, 0.25) is 5.91 Å². The summed E-state index contributed by atoms with van der Waals surface area (Å²) in [6.45, 7) is 3.16. The van der Waals surface area contributed by atoms with Crippen LogP contribution in [0.3, 0.4) is 0 Å². The highest BCUT2D eigenvalue weighted by atomic mass is 79.9. The van der Waals surface area contributed by atoms with Gasteiger partial charge in [-0.2, -0.15) is 0 Å². The minimum absolute atomic E-state index is 0.0500. The van der Waals surface area contributed by atoms with Crippen LogP contribution in [-0.4, -0.2) is 43.0 Å². The molecule has 0 fully saturated rings. The first-order valence-corrected chi connectivity index (χ1v) is 6.61. The number of nitrogens with two attached hydrogens (primary N) is 1. The fourth-order valence-corrected chi connectivity index (χ4v) is 2.13. The molecule has 0 aliphatic rings. The largest absolute Gasteiger partial charge is 0.397 e. The van der Waals surface area contributed by atoms with Crippen molar-refractivity contribution in [2.75, 3.05) is 37.8 Å². The van der Waals surface area contributed by atoms with Crippen LogP contribution in [-0.2, 0) is 4.79 Å². The van der Waals surface area contributed by atoms with E-state index in [1.54, 1.807) is 31.3 Å². The second kappa shape index (κ2) is 6.58. The number of pyridine rings is 1. The van der Waals surface area contributed by atoms with E-state index < -0.39 is 0 Å². The van der Waals surface area contributed by atoms with Gasteiger partial charge in [-0.15, -0.1) is 0 Å². The molecule has 1 amide bonds. The lowest BCUT2D eigenvalue weighted by atomic mass is 10.3. The molecule has 0 aliphatic heterocycles. The molecule has 6 heteroatoms. The molecule has 0 saturated carbocycles. The van der Waals surface area contributed by atoms with Gasteiger partial charge in [0, 0.05) is 20.6 Å². The number of rotatable bonds is 5. The number of likely N-dealkylation sites (N-methyl/N-ethyl adjacent to an activating group) is 1. The zero-order valence-electron chi connectivity index (χ0n) is 11.0. The molecule has 18 heavy (non-hydrogen) atoms. The molecule has 0 unspecified atom stereocenters. The van der Waals surface area contributed by atoms with Gasteiger partial charge < -0.3 is 15.5 Å². The Morgan fingerprint density at radius 2 is 2.17 bits per heavy atom. The molecule has 2 N–H and O–H groups in total. The summed E-state index contributed by atoms with van der Waals surface area (Å²) in [7, 11) is 3.50. The third-order valence-electron chi connectivity index (χ3n) is 2.46. The van der Waals surface area contributed by atoms with E-state index in [0.717, 1.165) is 23.3 Å². The second-order valence-corrected chi connectivity index (χ2v) is 5.14. The number of carbonyl (C=O) groups excluding carboxylic acids is 1. The Balaban J connectivity index is 2.93. The van der Waals surface area contributed by atoms with Crippen molar-refractivity contribution in [3.8, 4) is 0 Å². The summed E-state index contributed by atoms with van der Waals surface area (Å²) in [6.07, 6.45) is 2.54. The average Bonchev–Trinajstić information content (AvgIpc) is 2.28. The van der Waals surface area contributed by atoms with Gasteiger partial charge in [-0.25, -0.2) is 4.98 Å². The number of aromatic nitrogens is 1. The molecule has 0 atom stereocenters. The summed E-state index contributed by atoms with van der Waals surface area (Å²) >= 11 is 3.44. The van der Waals surface area contributed by atoms with Gasteiger partial charge >= 0.3 is 0 Å². The molecule has 0 radical (unpaired) electrons. The average molecular weight is 315 g/mol. The first kappa shape index (κ1) is 14.8. The van der Waals surface area contributed by atoms with Crippen molar-refractivity contribution in [2.24, 2.45) is 0 Å². The Morgan fingerprint density at radius 3 is 2.67 bits per heavy atom. The van der Waals surface area contributed by atoms with E-state index in [9.17, 15) is 4.79 Å². The molecule has 1 rings (SSSR count). The van der Waals surface area contributed by atoms with Crippen LogP contribution in [0.5, 0.6) is 0 Å². The lowest BCUT2D eigenvalue weighted by molar-refractivity contribution is -0.127. The summed E-state index contributed by atoms with van der Waals surface area (Å²) in [5.74, 6) is 0.801. The molecule has 0 spiro atoms. The van der Waals surface area contributed by atoms with E-state index in [1.807, 2.05) is 4.90 Å². The Hall–Kier alpha value is -1.30. The molecule has 1 heterocycles. The number of nitrogens with zero attached hydrogens (tertiary/aromatic N) is 3. The maximum absolute atomic E-state index is 11.8. The summed E-state index contributed by atoms with van der Waals surface area (Å²) in [4.78, 5) is 19.6. The molecule has 0 saturated heterocycles. The van der Waals surface area contributed by atoms with Gasteiger partial charge in [0.1, 0.15) is 5.82 Å². The number of amides is 1. The van der Waals surface area contributed by atoms with E-state index in [0.29, 0.717) is 12.2 Å². The lowest BCUT2D eigenvalue weighted by Crippen LogP contribution is -2.37. The Labute approximate surface area is 116 Å². The van der Waals surface area contributed by atoms with Crippen molar-refractivity contribution in [3.05, 3.63) is 16.7 Å². The maximum atomic E-state index is 11.8. The second-order valence-electron chi connectivity index (χ2n) is 4.28. The van der Waals surface area contributed by atoms with Crippen LogP contribution in [0.2, 0.25) is 0 Å². The lowest BCUT2D eigenvalue weighted by Gasteiger charge is -2.25. The molecule has 5 nitrogen and oxygen atoms in total. The standard InChI is InChI=1S/C12H19BrN4O/c1-4-5-17(8-11(18)16(2)3)12-10(13)6-9(14)7-15-12/h6-7H,4-5,8,14H2,1-3H3. The zero-order valence-corrected chi connectivity index (χ0v) is 12.6. The van der Waals surface area contributed by atoms with Crippen LogP contribution in [0.15, 0.2) is 16.7 Å². The SMILES string of the molecule is CCCN(CC(=O)N(C)C)c1ncc(N)cc1Br. The highest BCUT2D eigenvalue weighted by Gasteiger charge is 2.16. The van der Waals surface area contributed by atoms with Crippen LogP contribution in [0.1, 0.15) is 13.3 Å². The van der Waals surface area contributed by atoms with Gasteiger partial charge in [0.25, 0.3) is 0 Å². The quantitative estimate of drug-likeness (QED) is 0.899.